The van der Waals surface area contributed by atoms with Crippen LogP contribution in [0, 0.1) is 0 Å². The van der Waals surface area contributed by atoms with E-state index in [0.29, 0.717) is 10.9 Å². The summed E-state index contributed by atoms with van der Waals surface area (Å²) in [5.41, 5.74) is 4.64. The molecule has 0 aromatic heterocycles. The number of carbonyl (C=O) groups is 1. The quantitative estimate of drug-likeness (QED) is 0.316. The third kappa shape index (κ3) is 6.63. The number of likely N-dealkylation sites (tertiary alicyclic amines) is 1. The van der Waals surface area contributed by atoms with E-state index in [9.17, 15) is 4.79 Å². The molecule has 26 heavy (non-hydrogen) atoms. The number of hydrogen-bond donors (Lipinski definition) is 2. The third-order valence-corrected chi connectivity index (χ3v) is 4.47. The summed E-state index contributed by atoms with van der Waals surface area (Å²) in [5.74, 6) is 0.733. The van der Waals surface area contributed by atoms with Crippen molar-refractivity contribution >= 4 is 28.9 Å². The Labute approximate surface area is 161 Å². The molecule has 1 aliphatic rings. The first kappa shape index (κ1) is 20.2. The van der Waals surface area contributed by atoms with Gasteiger partial charge in [0.1, 0.15) is 5.75 Å². The molecule has 1 heterocycles. The fourth-order valence-corrected chi connectivity index (χ4v) is 2.76. The van der Waals surface area contributed by atoms with E-state index in [1.54, 1.807) is 0 Å². The highest BCUT2D eigenvalue weighted by atomic mass is 32.1. The minimum atomic E-state index is 0.0533. The van der Waals surface area contributed by atoms with Crippen LogP contribution in [0.25, 0.3) is 0 Å². The lowest BCUT2D eigenvalue weighted by Crippen LogP contribution is -2.33. The van der Waals surface area contributed by atoms with Gasteiger partial charge in [0.05, 0.1) is 5.71 Å². The largest absolute Gasteiger partial charge is 0.484 e. The lowest BCUT2D eigenvalue weighted by atomic mass is 10.1. The second kappa shape index (κ2) is 10.8. The molecular formula is C19H28N4O2S. The van der Waals surface area contributed by atoms with Crippen LogP contribution in [0.5, 0.6) is 5.75 Å². The lowest BCUT2D eigenvalue weighted by molar-refractivity contribution is -0.132. The van der Waals surface area contributed by atoms with E-state index < -0.39 is 0 Å². The number of nitrogens with zero attached hydrogens (tertiary/aromatic N) is 2. The molecule has 1 aromatic rings. The molecule has 2 N–H and O–H groups in total. The first-order chi connectivity index (χ1) is 12.6. The van der Waals surface area contributed by atoms with Crippen LogP contribution in [0.3, 0.4) is 0 Å². The molecule has 0 bridgehead atoms. The summed E-state index contributed by atoms with van der Waals surface area (Å²) in [4.78, 5) is 13.8. The fourth-order valence-electron chi connectivity index (χ4n) is 2.61. The minimum absolute atomic E-state index is 0.0533. The van der Waals surface area contributed by atoms with E-state index >= 15 is 0 Å². The van der Waals surface area contributed by atoms with Gasteiger partial charge in [0, 0.05) is 19.6 Å². The van der Waals surface area contributed by atoms with Crippen LogP contribution < -0.4 is 15.5 Å². The number of hydrogen-bond acceptors (Lipinski definition) is 4. The molecule has 142 valence electrons. The molecule has 2 rings (SSSR count). The maximum atomic E-state index is 12.0. The van der Waals surface area contributed by atoms with Crippen molar-refractivity contribution in [1.82, 2.24) is 15.6 Å². The maximum Gasteiger partial charge on any atom is 0.260 e. The fraction of sp³-hybridized carbons (Fsp3) is 0.526. The Kier molecular flexibility index (Phi) is 8.34. The Morgan fingerprint density at radius 3 is 2.62 bits per heavy atom. The summed E-state index contributed by atoms with van der Waals surface area (Å²) in [6.45, 7) is 6.67. The molecule has 0 radical (unpaired) electrons. The number of hydrazone groups is 1. The normalized spacial score (nSPS) is 14.2. The van der Waals surface area contributed by atoms with Crippen molar-refractivity contribution in [3.63, 3.8) is 0 Å². The van der Waals surface area contributed by atoms with Crippen LogP contribution in [0.2, 0.25) is 0 Å². The topological polar surface area (TPSA) is 66.0 Å². The van der Waals surface area contributed by atoms with Gasteiger partial charge in [-0.05, 0) is 68.2 Å². The van der Waals surface area contributed by atoms with Crippen molar-refractivity contribution < 1.29 is 9.53 Å². The van der Waals surface area contributed by atoms with Gasteiger partial charge in [-0.15, -0.1) is 0 Å². The second-order valence-electron chi connectivity index (χ2n) is 6.32. The van der Waals surface area contributed by atoms with Gasteiger partial charge in [-0.3, -0.25) is 10.2 Å². The molecule has 7 heteroatoms. The standard InChI is InChI=1S/C19H28N4O2S/c1-3-4-11-20-19(26)22-21-15(2)16-7-9-17(10-8-16)25-14-18(24)23-12-5-6-13-23/h7-10H,3-6,11-14H2,1-2H3,(H2,20,22,26)/b21-15-. The molecular weight excluding hydrogens is 348 g/mol. The second-order valence-corrected chi connectivity index (χ2v) is 6.73. The summed E-state index contributed by atoms with van der Waals surface area (Å²) in [5, 5.41) is 7.92. The number of ether oxygens (including phenoxy) is 1. The van der Waals surface area contributed by atoms with E-state index in [1.807, 2.05) is 36.1 Å². The molecule has 1 fully saturated rings. The third-order valence-electron chi connectivity index (χ3n) is 4.23. The molecule has 0 atom stereocenters. The van der Waals surface area contributed by atoms with E-state index in [1.165, 1.54) is 0 Å². The maximum absolute atomic E-state index is 12.0. The Morgan fingerprint density at radius 2 is 1.96 bits per heavy atom. The Balaban J connectivity index is 1.79. The van der Waals surface area contributed by atoms with Gasteiger partial charge in [0.2, 0.25) is 0 Å². The molecule has 0 spiro atoms. The Hall–Kier alpha value is -2.15. The highest BCUT2D eigenvalue weighted by molar-refractivity contribution is 7.80. The van der Waals surface area contributed by atoms with Crippen LogP contribution in [-0.2, 0) is 4.79 Å². The van der Waals surface area contributed by atoms with Crippen molar-refractivity contribution in [3.8, 4) is 5.75 Å². The summed E-state index contributed by atoms with van der Waals surface area (Å²) >= 11 is 5.18. The highest BCUT2D eigenvalue weighted by Crippen LogP contribution is 2.14. The van der Waals surface area contributed by atoms with Gasteiger partial charge in [-0.1, -0.05) is 13.3 Å². The molecule has 0 unspecified atom stereocenters. The zero-order valence-corrected chi connectivity index (χ0v) is 16.4. The van der Waals surface area contributed by atoms with Gasteiger partial charge in [0.25, 0.3) is 5.91 Å². The summed E-state index contributed by atoms with van der Waals surface area (Å²) in [6.07, 6.45) is 4.37. The number of carbonyl (C=O) groups excluding carboxylic acids is 1. The number of rotatable bonds is 8. The summed E-state index contributed by atoms with van der Waals surface area (Å²) in [6, 6.07) is 7.54. The lowest BCUT2D eigenvalue weighted by Gasteiger charge is -2.15. The first-order valence-corrected chi connectivity index (χ1v) is 9.60. The Morgan fingerprint density at radius 1 is 1.27 bits per heavy atom. The molecule has 0 aliphatic carbocycles. The predicted molar refractivity (Wildman–Crippen MR) is 109 cm³/mol. The first-order valence-electron chi connectivity index (χ1n) is 9.19. The van der Waals surface area contributed by atoms with E-state index in [0.717, 1.165) is 56.6 Å². The van der Waals surface area contributed by atoms with Crippen LogP contribution in [0.1, 0.15) is 45.1 Å². The van der Waals surface area contributed by atoms with Crippen molar-refractivity contribution in [2.45, 2.75) is 39.5 Å². The molecule has 1 aliphatic heterocycles. The minimum Gasteiger partial charge on any atom is -0.484 e. The molecule has 6 nitrogen and oxygen atoms in total. The predicted octanol–water partition coefficient (Wildman–Crippen LogP) is 2.68. The van der Waals surface area contributed by atoms with Crippen molar-refractivity contribution in [2.24, 2.45) is 5.10 Å². The molecule has 0 saturated carbocycles. The zero-order valence-electron chi connectivity index (χ0n) is 15.6. The monoisotopic (exact) mass is 376 g/mol. The zero-order chi connectivity index (χ0) is 18.8. The van der Waals surface area contributed by atoms with Crippen molar-refractivity contribution in [1.29, 1.82) is 0 Å². The summed E-state index contributed by atoms with van der Waals surface area (Å²) < 4.78 is 5.59. The highest BCUT2D eigenvalue weighted by Gasteiger charge is 2.18. The van der Waals surface area contributed by atoms with Crippen LogP contribution in [0.4, 0.5) is 0 Å². The number of unbranched alkanes of at least 4 members (excludes halogenated alkanes) is 1. The van der Waals surface area contributed by atoms with Gasteiger partial charge in [0.15, 0.2) is 11.7 Å². The molecule has 1 aromatic carbocycles. The van der Waals surface area contributed by atoms with Crippen LogP contribution >= 0.6 is 12.2 Å². The van der Waals surface area contributed by atoms with Gasteiger partial charge in [-0.2, -0.15) is 5.10 Å². The smallest absolute Gasteiger partial charge is 0.260 e. The average Bonchev–Trinajstić information content (AvgIpc) is 3.19. The number of thiocarbonyl (C=S) groups is 1. The van der Waals surface area contributed by atoms with E-state index in [-0.39, 0.29) is 12.5 Å². The van der Waals surface area contributed by atoms with Gasteiger partial charge < -0.3 is 15.0 Å². The van der Waals surface area contributed by atoms with E-state index in [4.69, 9.17) is 17.0 Å². The van der Waals surface area contributed by atoms with Gasteiger partial charge >= 0.3 is 0 Å². The summed E-state index contributed by atoms with van der Waals surface area (Å²) in [7, 11) is 0. The van der Waals surface area contributed by atoms with Gasteiger partial charge in [-0.25, -0.2) is 0 Å². The van der Waals surface area contributed by atoms with Crippen molar-refractivity contribution in [3.05, 3.63) is 29.8 Å². The average molecular weight is 377 g/mol. The number of nitrogens with one attached hydrogen (secondary N) is 2. The molecule has 1 amide bonds. The van der Waals surface area contributed by atoms with Crippen LogP contribution in [-0.4, -0.2) is 47.9 Å². The van der Waals surface area contributed by atoms with E-state index in [2.05, 4.69) is 22.8 Å². The SMILES string of the molecule is CCCCNC(=S)N/N=C(/C)c1ccc(OCC(=O)N2CCCC2)cc1. The Bertz CT molecular complexity index is 625. The molecule has 1 saturated heterocycles. The number of benzene rings is 1. The van der Waals surface area contributed by atoms with Crippen molar-refractivity contribution in [2.75, 3.05) is 26.2 Å². The number of amides is 1. The van der Waals surface area contributed by atoms with Crippen LogP contribution in [0.15, 0.2) is 29.4 Å².